The summed E-state index contributed by atoms with van der Waals surface area (Å²) in [6, 6.07) is 50.6. The molecule has 0 spiro atoms. The third-order valence-electron chi connectivity index (χ3n) is 14.5. The third kappa shape index (κ3) is 15.7. The van der Waals surface area contributed by atoms with E-state index < -0.39 is 12.2 Å². The molecule has 2 aliphatic rings. The summed E-state index contributed by atoms with van der Waals surface area (Å²) < 4.78 is 21.5. The second-order valence-electron chi connectivity index (χ2n) is 20.5. The minimum Gasteiger partial charge on any atom is -0.467 e. The number of aryl methyl sites for hydroxylation is 1. The number of hydrogen-bond acceptors (Lipinski definition) is 13. The maximum absolute atomic E-state index is 12.8. The van der Waals surface area contributed by atoms with Gasteiger partial charge < -0.3 is 38.9 Å². The molecule has 87 heavy (non-hydrogen) atoms. The number of likely N-dealkylation sites (N-methyl/N-ethyl adjacent to an activating group) is 1. The van der Waals surface area contributed by atoms with Crippen LogP contribution in [0.15, 0.2) is 203 Å². The van der Waals surface area contributed by atoms with E-state index in [4.69, 9.17) is 24.0 Å². The molecule has 0 saturated carbocycles. The number of anilines is 1. The molecule has 19 nitrogen and oxygen atoms in total. The van der Waals surface area contributed by atoms with Crippen molar-refractivity contribution in [2.45, 2.75) is 70.1 Å². The SMILES string of the molecule is CCC1=NC(=O)[C@H]([C@H](C)c2c[nH]c3ccccc23)O1.CN(C)C(Cc1ccccc1)c1ncc(C(=O)c2ccccc2NC=O)o1.N=C1NC(=O)[C@H](Cc2c[nH]c3ccccc23)O1.O=COC(CCc1ccccc1)=N/C=C/c1c[nH]c2ccccc12. The number of ketones is 1. The summed E-state index contributed by atoms with van der Waals surface area (Å²) in [6.07, 6.45) is 13.4. The minimum absolute atomic E-state index is 0.0172. The van der Waals surface area contributed by atoms with Gasteiger partial charge in [0.15, 0.2) is 29.8 Å². The summed E-state index contributed by atoms with van der Waals surface area (Å²) in [5.41, 5.74) is 9.49. The van der Waals surface area contributed by atoms with Gasteiger partial charge in [0.25, 0.3) is 24.3 Å². The minimum atomic E-state index is -0.596. The average Bonchev–Trinajstić information content (AvgIpc) is 4.23. The zero-order valence-corrected chi connectivity index (χ0v) is 48.4. The number of fused-ring (bicyclic) bond motifs is 3. The fourth-order valence-electron chi connectivity index (χ4n) is 9.99. The first kappa shape index (κ1) is 60.8. The summed E-state index contributed by atoms with van der Waals surface area (Å²) in [5.74, 6) is 0.812. The number of amides is 3. The number of para-hydroxylation sites is 4. The number of rotatable bonds is 19. The summed E-state index contributed by atoms with van der Waals surface area (Å²) in [5, 5.41) is 15.5. The van der Waals surface area contributed by atoms with Gasteiger partial charge in [-0.25, -0.2) is 9.98 Å². The van der Waals surface area contributed by atoms with Crippen molar-refractivity contribution < 1.29 is 42.6 Å². The predicted octanol–water partition coefficient (Wildman–Crippen LogP) is 11.8. The van der Waals surface area contributed by atoms with Gasteiger partial charge in [-0.1, -0.05) is 141 Å². The molecule has 0 bridgehead atoms. The van der Waals surface area contributed by atoms with Crippen LogP contribution < -0.4 is 10.6 Å². The van der Waals surface area contributed by atoms with E-state index in [0.29, 0.717) is 67.5 Å². The molecule has 19 heteroatoms. The van der Waals surface area contributed by atoms with Crippen LogP contribution in [0.5, 0.6) is 0 Å². The number of oxazole rings is 1. The molecule has 4 atom stereocenters. The van der Waals surface area contributed by atoms with E-state index in [1.54, 1.807) is 30.5 Å². The van der Waals surface area contributed by atoms with Gasteiger partial charge in [0.1, 0.15) is 0 Å². The lowest BCUT2D eigenvalue weighted by Crippen LogP contribution is -2.25. The molecule has 6 heterocycles. The van der Waals surface area contributed by atoms with Gasteiger partial charge >= 0.3 is 0 Å². The van der Waals surface area contributed by atoms with Gasteiger partial charge in [-0.05, 0) is 85.6 Å². The van der Waals surface area contributed by atoms with Crippen LogP contribution in [0.25, 0.3) is 38.8 Å². The van der Waals surface area contributed by atoms with Gasteiger partial charge in [-0.2, -0.15) is 4.99 Å². The first-order valence-electron chi connectivity index (χ1n) is 28.3. The van der Waals surface area contributed by atoms with Crippen LogP contribution in [0.4, 0.5) is 5.69 Å². The van der Waals surface area contributed by atoms with Crippen molar-refractivity contribution in [1.29, 1.82) is 5.41 Å². The molecule has 6 N–H and O–H groups in total. The van der Waals surface area contributed by atoms with E-state index >= 15 is 0 Å². The molecule has 10 aromatic rings. The molecular formula is C68H66N10O9. The lowest BCUT2D eigenvalue weighted by atomic mass is 9.94. The number of carbonyl (C=O) groups excluding carboxylic acids is 5. The number of benzene rings is 6. The number of aromatic amines is 3. The average molecular weight is 1170 g/mol. The Morgan fingerprint density at radius 1 is 0.770 bits per heavy atom. The number of carbonyl (C=O) groups is 5. The Labute approximate surface area is 502 Å². The van der Waals surface area contributed by atoms with E-state index in [-0.39, 0.29) is 41.3 Å². The Hall–Kier alpha value is -10.8. The first-order valence-corrected chi connectivity index (χ1v) is 28.3. The topological polar surface area (TPSA) is 262 Å². The zero-order valence-electron chi connectivity index (χ0n) is 48.4. The lowest BCUT2D eigenvalue weighted by Gasteiger charge is -2.21. The van der Waals surface area contributed by atoms with Crippen molar-refractivity contribution in [2.24, 2.45) is 9.98 Å². The predicted molar refractivity (Wildman–Crippen MR) is 336 cm³/mol. The van der Waals surface area contributed by atoms with Crippen LogP contribution in [0.3, 0.4) is 0 Å². The first-order chi connectivity index (χ1) is 42.4. The van der Waals surface area contributed by atoms with Crippen LogP contribution in [0.2, 0.25) is 0 Å². The molecule has 1 fully saturated rings. The largest absolute Gasteiger partial charge is 0.467 e. The second-order valence-corrected chi connectivity index (χ2v) is 20.5. The van der Waals surface area contributed by atoms with Crippen molar-refractivity contribution in [2.75, 3.05) is 19.4 Å². The molecule has 0 aliphatic carbocycles. The van der Waals surface area contributed by atoms with Crippen molar-refractivity contribution in [3.63, 3.8) is 0 Å². The molecule has 1 saturated heterocycles. The molecule has 2 aliphatic heterocycles. The third-order valence-corrected chi connectivity index (χ3v) is 14.5. The van der Waals surface area contributed by atoms with E-state index in [1.165, 1.54) is 11.8 Å². The van der Waals surface area contributed by atoms with Crippen molar-refractivity contribution in [1.82, 2.24) is 30.2 Å². The van der Waals surface area contributed by atoms with E-state index in [1.807, 2.05) is 185 Å². The van der Waals surface area contributed by atoms with Crippen LogP contribution in [0, 0.1) is 5.41 Å². The zero-order chi connectivity index (χ0) is 61.1. The Balaban J connectivity index is 0.000000140. The fourth-order valence-corrected chi connectivity index (χ4v) is 9.99. The summed E-state index contributed by atoms with van der Waals surface area (Å²) in [7, 11) is 3.89. The Bertz CT molecular complexity index is 4080. The molecule has 12 rings (SSSR count). The molecule has 0 radical (unpaired) electrons. The summed E-state index contributed by atoms with van der Waals surface area (Å²) >= 11 is 0. The second kappa shape index (κ2) is 29.6. The van der Waals surface area contributed by atoms with Crippen molar-refractivity contribution in [3.05, 3.63) is 234 Å². The van der Waals surface area contributed by atoms with Gasteiger partial charge in [-0.15, -0.1) is 0 Å². The highest BCUT2D eigenvalue weighted by Crippen LogP contribution is 2.32. The van der Waals surface area contributed by atoms with Gasteiger partial charge in [0, 0.05) is 93.8 Å². The molecular weight excluding hydrogens is 1100 g/mol. The molecule has 1 unspecified atom stereocenters. The maximum atomic E-state index is 12.8. The standard InChI is InChI=1S/C21H21N3O3.C20H18N2O2.C15H16N2O2.C12H11N3O2/c1-24(2)18(12-15-8-4-3-5-9-15)21-22-13-19(27-21)20(26)16-10-6-7-11-17(16)23-14-25;23-15-24-20(11-10-16-6-2-1-3-7-16)21-13-12-17-14-22-19-9-5-4-8-18(17)19;1-3-13-17-15(18)14(19-13)9(2)11-8-16-12-7-5-4-6-10(11)12;13-12-15-11(16)10(17-12)5-7-6-14-9-4-2-1-3-8(7)9/h3-11,13-14,18H,12H2,1-2H3,(H,23,25);1-9,12-15,22H,10-11H2;4-9,14,16H,3H2,1-2H3;1-4,6,10,14H,5H2,(H2,13,15,16)/b;13-12+,21-20?;;/t;;9-,14+;10-/m..10/s1. The van der Waals surface area contributed by atoms with Crippen molar-refractivity contribution in [3.8, 4) is 0 Å². The normalized spacial score (nSPS) is 15.3. The van der Waals surface area contributed by atoms with Crippen LogP contribution in [-0.4, -0.2) is 99.4 Å². The van der Waals surface area contributed by atoms with E-state index in [9.17, 15) is 24.0 Å². The van der Waals surface area contributed by atoms with Gasteiger partial charge in [0.05, 0.1) is 17.9 Å². The molecule has 442 valence electrons. The molecule has 6 aromatic carbocycles. The number of nitrogens with zero attached hydrogens (tertiary/aromatic N) is 4. The van der Waals surface area contributed by atoms with Crippen LogP contribution in [0.1, 0.15) is 88.5 Å². The van der Waals surface area contributed by atoms with E-state index in [0.717, 1.165) is 61.4 Å². The highest BCUT2D eigenvalue weighted by molar-refractivity contribution is 6.11. The number of ether oxygens (including phenoxy) is 3. The number of hydrogen-bond donors (Lipinski definition) is 6. The van der Waals surface area contributed by atoms with E-state index in [2.05, 4.69) is 46.6 Å². The van der Waals surface area contributed by atoms with Crippen LogP contribution in [-0.2, 0) is 52.7 Å². The number of aliphatic imine (C=N–C) groups is 2. The Morgan fingerprint density at radius 2 is 1.39 bits per heavy atom. The number of H-pyrrole nitrogens is 3. The monoisotopic (exact) mass is 1170 g/mol. The molecule has 3 amide bonds. The molecule has 4 aromatic heterocycles. The smallest absolute Gasteiger partial charge is 0.299 e. The summed E-state index contributed by atoms with van der Waals surface area (Å²) in [4.78, 5) is 81.7. The number of aromatic nitrogens is 4. The van der Waals surface area contributed by atoms with Crippen LogP contribution >= 0.6 is 0 Å². The lowest BCUT2D eigenvalue weighted by molar-refractivity contribution is -0.124. The number of nitrogens with one attached hydrogen (secondary N) is 6. The quantitative estimate of drug-likeness (QED) is 0.0192. The highest BCUT2D eigenvalue weighted by Gasteiger charge is 2.35. The highest BCUT2D eigenvalue weighted by atomic mass is 16.5. The summed E-state index contributed by atoms with van der Waals surface area (Å²) in [6.45, 7) is 4.36. The van der Waals surface area contributed by atoms with Gasteiger partial charge in [0.2, 0.25) is 18.1 Å². The Morgan fingerprint density at radius 3 is 2.06 bits per heavy atom. The maximum Gasteiger partial charge on any atom is 0.299 e. The number of amidine groups is 1. The Kier molecular flexibility index (Phi) is 20.7. The van der Waals surface area contributed by atoms with Gasteiger partial charge in [-0.3, -0.25) is 39.6 Å². The fraction of sp³-hybridized carbons (Fsp3) is 0.191. The van der Waals surface area contributed by atoms with Crippen molar-refractivity contribution >= 4 is 92.8 Å².